The van der Waals surface area contributed by atoms with Crippen LogP contribution >= 0.6 is 11.8 Å². The van der Waals surface area contributed by atoms with E-state index in [1.165, 1.54) is 11.8 Å². The highest BCUT2D eigenvalue weighted by atomic mass is 32.2. The van der Waals surface area contributed by atoms with Crippen molar-refractivity contribution in [2.45, 2.75) is 25.0 Å². The van der Waals surface area contributed by atoms with Gasteiger partial charge in [0.05, 0.1) is 16.3 Å². The zero-order valence-corrected chi connectivity index (χ0v) is 16.0. The molecule has 0 spiro atoms. The highest BCUT2D eigenvalue weighted by molar-refractivity contribution is 7.99. The van der Waals surface area contributed by atoms with Crippen molar-refractivity contribution >= 4 is 40.2 Å². The van der Waals surface area contributed by atoms with Crippen molar-refractivity contribution < 1.29 is 14.3 Å². The van der Waals surface area contributed by atoms with Gasteiger partial charge in [0.1, 0.15) is 0 Å². The van der Waals surface area contributed by atoms with Gasteiger partial charge in [-0.25, -0.2) is 4.98 Å². The number of aromatic nitrogens is 1. The first kappa shape index (κ1) is 18.9. The first-order chi connectivity index (χ1) is 13.0. The molecular formula is C21H20N2O3S. The summed E-state index contributed by atoms with van der Waals surface area (Å²) in [6.07, 6.45) is -0.871. The summed E-state index contributed by atoms with van der Waals surface area (Å²) in [6.45, 7) is 3.57. The van der Waals surface area contributed by atoms with Crippen molar-refractivity contribution in [3.05, 3.63) is 66.2 Å². The van der Waals surface area contributed by atoms with Gasteiger partial charge in [0.2, 0.25) is 0 Å². The molecular weight excluding hydrogens is 360 g/mol. The van der Waals surface area contributed by atoms with E-state index in [2.05, 4.69) is 10.3 Å². The topological polar surface area (TPSA) is 68.3 Å². The zero-order chi connectivity index (χ0) is 19.2. The lowest BCUT2D eigenvalue weighted by Gasteiger charge is -2.13. The molecule has 1 aromatic heterocycles. The van der Waals surface area contributed by atoms with Gasteiger partial charge in [-0.05, 0) is 43.7 Å². The number of amides is 1. The lowest BCUT2D eigenvalue weighted by Crippen LogP contribution is -2.30. The molecule has 0 fully saturated rings. The van der Waals surface area contributed by atoms with E-state index in [1.807, 2.05) is 55.5 Å². The average Bonchev–Trinajstić information content (AvgIpc) is 2.67. The highest BCUT2D eigenvalue weighted by Crippen LogP contribution is 2.23. The van der Waals surface area contributed by atoms with Crippen LogP contribution in [0, 0.1) is 6.92 Å². The van der Waals surface area contributed by atoms with Crippen LogP contribution in [0.2, 0.25) is 0 Å². The van der Waals surface area contributed by atoms with Crippen LogP contribution in [0.5, 0.6) is 0 Å². The van der Waals surface area contributed by atoms with E-state index in [0.717, 1.165) is 21.5 Å². The molecule has 0 unspecified atom stereocenters. The van der Waals surface area contributed by atoms with Crippen LogP contribution in [0.3, 0.4) is 0 Å². The van der Waals surface area contributed by atoms with Gasteiger partial charge in [-0.15, -0.1) is 0 Å². The molecule has 27 heavy (non-hydrogen) atoms. The normalized spacial score (nSPS) is 11.8. The molecule has 5 nitrogen and oxygen atoms in total. The van der Waals surface area contributed by atoms with Gasteiger partial charge in [0.15, 0.2) is 6.10 Å². The summed E-state index contributed by atoms with van der Waals surface area (Å²) in [6, 6.07) is 18.9. The molecule has 1 heterocycles. The Hall–Kier alpha value is -2.86. The number of nitrogens with one attached hydrogen (secondary N) is 1. The van der Waals surface area contributed by atoms with Crippen LogP contribution in [0.25, 0.3) is 10.9 Å². The highest BCUT2D eigenvalue weighted by Gasteiger charge is 2.18. The largest absolute Gasteiger partial charge is 0.452 e. The number of anilines is 1. The van der Waals surface area contributed by atoms with E-state index in [9.17, 15) is 9.59 Å². The lowest BCUT2D eigenvalue weighted by molar-refractivity contribution is -0.150. The minimum Gasteiger partial charge on any atom is -0.452 e. The van der Waals surface area contributed by atoms with Crippen molar-refractivity contribution in [1.82, 2.24) is 4.98 Å². The summed E-state index contributed by atoms with van der Waals surface area (Å²) >= 11 is 1.30. The van der Waals surface area contributed by atoms with Crippen molar-refractivity contribution in [3.8, 4) is 0 Å². The number of thioether (sulfide) groups is 1. The van der Waals surface area contributed by atoms with Crippen LogP contribution in [0.1, 0.15) is 12.5 Å². The first-order valence-corrected chi connectivity index (χ1v) is 9.56. The number of aryl methyl sites for hydroxylation is 1. The van der Waals surface area contributed by atoms with Gasteiger partial charge in [-0.1, -0.05) is 48.2 Å². The molecule has 0 aliphatic carbocycles. The second kappa shape index (κ2) is 8.68. The molecule has 3 aromatic rings. The Bertz CT molecular complexity index is 960. The number of nitrogens with zero attached hydrogens (tertiary/aromatic N) is 1. The fraction of sp³-hybridized carbons (Fsp3) is 0.190. The standard InChI is InChI=1S/C21H20N2O3S/c1-14-12-19(23-18-11-7-6-10-17(14)18)27-13-20(24)26-15(2)21(25)22-16-8-4-3-5-9-16/h3-12,15H,13H2,1-2H3,(H,22,25)/t15-/m0/s1. The van der Waals surface area contributed by atoms with Crippen molar-refractivity contribution in [2.24, 2.45) is 0 Å². The van der Waals surface area contributed by atoms with Gasteiger partial charge >= 0.3 is 5.97 Å². The molecule has 6 heteroatoms. The Balaban J connectivity index is 1.54. The minimum atomic E-state index is -0.871. The number of rotatable bonds is 6. The molecule has 0 radical (unpaired) electrons. The van der Waals surface area contributed by atoms with Gasteiger partial charge < -0.3 is 10.1 Å². The predicted molar refractivity (Wildman–Crippen MR) is 108 cm³/mol. The number of hydrogen-bond acceptors (Lipinski definition) is 5. The molecule has 0 aliphatic rings. The summed E-state index contributed by atoms with van der Waals surface area (Å²) < 4.78 is 5.22. The molecule has 138 valence electrons. The third-order valence-corrected chi connectivity index (χ3v) is 4.84. The maximum Gasteiger partial charge on any atom is 0.317 e. The van der Waals surface area contributed by atoms with Crippen LogP contribution in [-0.4, -0.2) is 28.7 Å². The number of benzene rings is 2. The minimum absolute atomic E-state index is 0.0910. The van der Waals surface area contributed by atoms with Crippen molar-refractivity contribution in [1.29, 1.82) is 0 Å². The number of hydrogen-bond donors (Lipinski definition) is 1. The number of carbonyl (C=O) groups excluding carboxylic acids is 2. The fourth-order valence-electron chi connectivity index (χ4n) is 2.58. The first-order valence-electron chi connectivity index (χ1n) is 8.57. The summed E-state index contributed by atoms with van der Waals surface area (Å²) in [5, 5.41) is 4.56. The van der Waals surface area contributed by atoms with Gasteiger partial charge in [0.25, 0.3) is 5.91 Å². The molecule has 1 amide bonds. The van der Waals surface area contributed by atoms with Crippen LogP contribution < -0.4 is 5.32 Å². The summed E-state index contributed by atoms with van der Waals surface area (Å²) in [5.74, 6) is -0.726. The molecule has 0 saturated carbocycles. The predicted octanol–water partition coefficient (Wildman–Crippen LogP) is 4.21. The van der Waals surface area contributed by atoms with Crippen molar-refractivity contribution in [2.75, 3.05) is 11.1 Å². The SMILES string of the molecule is Cc1cc(SCC(=O)O[C@@H](C)C(=O)Nc2ccccc2)nc2ccccc12. The van der Waals surface area contributed by atoms with Gasteiger partial charge in [0, 0.05) is 11.1 Å². The number of pyridine rings is 1. The number of carbonyl (C=O) groups is 2. The van der Waals surface area contributed by atoms with E-state index in [1.54, 1.807) is 19.1 Å². The Kier molecular flexibility index (Phi) is 6.08. The van der Waals surface area contributed by atoms with Crippen LogP contribution in [-0.2, 0) is 14.3 Å². The van der Waals surface area contributed by atoms with Crippen LogP contribution in [0.4, 0.5) is 5.69 Å². The van der Waals surface area contributed by atoms with E-state index < -0.39 is 12.1 Å². The van der Waals surface area contributed by atoms with Crippen molar-refractivity contribution in [3.63, 3.8) is 0 Å². The number of para-hydroxylation sites is 2. The Morgan fingerprint density at radius 2 is 1.81 bits per heavy atom. The van der Waals surface area contributed by atoms with E-state index in [0.29, 0.717) is 5.69 Å². The Morgan fingerprint density at radius 3 is 2.59 bits per heavy atom. The summed E-state index contributed by atoms with van der Waals surface area (Å²) in [5.41, 5.74) is 2.66. The summed E-state index contributed by atoms with van der Waals surface area (Å²) in [4.78, 5) is 28.7. The number of ether oxygens (including phenoxy) is 1. The van der Waals surface area contributed by atoms with Gasteiger partial charge in [-0.2, -0.15) is 0 Å². The Labute approximate surface area is 162 Å². The fourth-order valence-corrected chi connectivity index (χ4v) is 3.33. The third kappa shape index (κ3) is 5.08. The maximum absolute atomic E-state index is 12.1. The average molecular weight is 380 g/mol. The monoisotopic (exact) mass is 380 g/mol. The van der Waals surface area contributed by atoms with Crippen LogP contribution in [0.15, 0.2) is 65.7 Å². The molecule has 2 aromatic carbocycles. The Morgan fingerprint density at radius 1 is 1.11 bits per heavy atom. The molecule has 1 N–H and O–H groups in total. The molecule has 0 aliphatic heterocycles. The molecule has 1 atom stereocenters. The summed E-state index contributed by atoms with van der Waals surface area (Å²) in [7, 11) is 0. The molecule has 0 saturated heterocycles. The van der Waals surface area contributed by atoms with E-state index >= 15 is 0 Å². The van der Waals surface area contributed by atoms with Gasteiger partial charge in [-0.3, -0.25) is 9.59 Å². The second-order valence-electron chi connectivity index (χ2n) is 6.07. The lowest BCUT2D eigenvalue weighted by atomic mass is 10.1. The third-order valence-electron chi connectivity index (χ3n) is 3.96. The molecule has 0 bridgehead atoms. The number of esters is 1. The second-order valence-corrected chi connectivity index (χ2v) is 7.07. The zero-order valence-electron chi connectivity index (χ0n) is 15.1. The molecule has 3 rings (SSSR count). The number of fused-ring (bicyclic) bond motifs is 1. The maximum atomic E-state index is 12.1. The van der Waals surface area contributed by atoms with E-state index in [4.69, 9.17) is 4.74 Å². The quantitative estimate of drug-likeness (QED) is 0.513. The van der Waals surface area contributed by atoms with E-state index in [-0.39, 0.29) is 11.7 Å². The smallest absolute Gasteiger partial charge is 0.317 e.